The van der Waals surface area contributed by atoms with Crippen LogP contribution < -0.4 is 10.0 Å². The number of halogens is 3. The number of aryl methyl sites for hydroxylation is 1. The van der Waals surface area contributed by atoms with Crippen LogP contribution in [0.5, 0.6) is 0 Å². The molecule has 2 aromatic carbocycles. The Bertz CT molecular complexity index is 993. The van der Waals surface area contributed by atoms with Crippen LogP contribution in [0, 0.1) is 6.92 Å². The van der Waals surface area contributed by atoms with E-state index < -0.39 is 32.4 Å². The van der Waals surface area contributed by atoms with Crippen molar-refractivity contribution in [2.45, 2.75) is 45.2 Å². The Morgan fingerprint density at radius 3 is 2.07 bits per heavy atom. The zero-order chi connectivity index (χ0) is 22.0. The number of hydrogen-bond donors (Lipinski definition) is 2. The first-order valence-corrected chi connectivity index (χ1v) is 10.3. The molecule has 2 rings (SSSR count). The highest BCUT2D eigenvalue weighted by Crippen LogP contribution is 2.30. The van der Waals surface area contributed by atoms with Crippen molar-refractivity contribution >= 4 is 21.6 Å². The Kier molecular flexibility index (Phi) is 6.32. The van der Waals surface area contributed by atoms with Gasteiger partial charge in [0.15, 0.2) is 0 Å². The second kappa shape index (κ2) is 8.06. The van der Waals surface area contributed by atoms with Crippen molar-refractivity contribution < 1.29 is 26.4 Å². The molecule has 0 fully saturated rings. The van der Waals surface area contributed by atoms with Gasteiger partial charge < -0.3 is 5.32 Å². The number of amides is 1. The van der Waals surface area contributed by atoms with Gasteiger partial charge >= 0.3 is 6.18 Å². The smallest absolute Gasteiger partial charge is 0.348 e. The lowest BCUT2D eigenvalue weighted by Crippen LogP contribution is -2.33. The van der Waals surface area contributed by atoms with Crippen LogP contribution in [0.1, 0.15) is 47.8 Å². The van der Waals surface area contributed by atoms with Crippen molar-refractivity contribution in [1.82, 2.24) is 5.32 Å². The number of hydrogen-bond acceptors (Lipinski definition) is 3. The van der Waals surface area contributed by atoms with Crippen molar-refractivity contribution in [3.05, 3.63) is 64.7 Å². The van der Waals surface area contributed by atoms with E-state index in [2.05, 4.69) is 10.0 Å². The number of nitrogens with one attached hydrogen (secondary N) is 2. The topological polar surface area (TPSA) is 75.3 Å². The molecule has 2 N–H and O–H groups in total. The fourth-order valence-electron chi connectivity index (χ4n) is 2.35. The number of rotatable bonds is 5. The van der Waals surface area contributed by atoms with Gasteiger partial charge in [-0.05, 0) is 75.2 Å². The van der Waals surface area contributed by atoms with Gasteiger partial charge in [0, 0.05) is 17.8 Å². The summed E-state index contributed by atoms with van der Waals surface area (Å²) in [6.07, 6.45) is -4.41. The Labute approximate surface area is 168 Å². The van der Waals surface area contributed by atoms with Crippen molar-refractivity contribution in [3.8, 4) is 0 Å². The van der Waals surface area contributed by atoms with E-state index in [1.54, 1.807) is 27.7 Å². The lowest BCUT2D eigenvalue weighted by Gasteiger charge is -2.20. The molecule has 9 heteroatoms. The molecule has 0 unspecified atom stereocenters. The zero-order valence-corrected chi connectivity index (χ0v) is 17.3. The maximum absolute atomic E-state index is 12.7. The summed E-state index contributed by atoms with van der Waals surface area (Å²) in [5, 5.41) is 2.65. The molecule has 0 aliphatic heterocycles. The van der Waals surface area contributed by atoms with Crippen molar-refractivity contribution in [1.29, 1.82) is 0 Å². The van der Waals surface area contributed by atoms with Gasteiger partial charge in [-0.1, -0.05) is 6.07 Å². The fraction of sp³-hybridized carbons (Fsp3) is 0.350. The summed E-state index contributed by atoms with van der Waals surface area (Å²) in [7, 11) is -3.58. The second-order valence-corrected chi connectivity index (χ2v) is 10.1. The molecule has 0 aromatic heterocycles. The van der Waals surface area contributed by atoms with Crippen LogP contribution in [0.15, 0.2) is 42.5 Å². The second-order valence-electron chi connectivity index (χ2n) is 7.62. The van der Waals surface area contributed by atoms with Gasteiger partial charge in [-0.2, -0.15) is 13.2 Å². The third-order valence-corrected chi connectivity index (χ3v) is 6.43. The average Bonchev–Trinajstić information content (AvgIpc) is 2.59. The maximum atomic E-state index is 12.7. The van der Waals surface area contributed by atoms with Crippen molar-refractivity contribution in [3.63, 3.8) is 0 Å². The quantitative estimate of drug-likeness (QED) is 0.737. The lowest BCUT2D eigenvalue weighted by molar-refractivity contribution is -0.137. The first kappa shape index (κ1) is 22.7. The molecule has 0 saturated heterocycles. The van der Waals surface area contributed by atoms with E-state index in [0.717, 1.165) is 12.1 Å². The lowest BCUT2D eigenvalue weighted by atomic mass is 10.0. The minimum absolute atomic E-state index is 0.0706. The van der Waals surface area contributed by atoms with E-state index >= 15 is 0 Å². The highest BCUT2D eigenvalue weighted by Gasteiger charge is 2.30. The molecule has 29 heavy (non-hydrogen) atoms. The summed E-state index contributed by atoms with van der Waals surface area (Å²) >= 11 is 0. The number of carbonyl (C=O) groups excluding carboxylic acids is 1. The molecule has 0 spiro atoms. The molecule has 0 heterocycles. The van der Waals surface area contributed by atoms with Gasteiger partial charge in [0.1, 0.15) is 0 Å². The summed E-state index contributed by atoms with van der Waals surface area (Å²) in [6.45, 7) is 6.33. The Hall–Kier alpha value is -2.55. The van der Waals surface area contributed by atoms with E-state index in [1.807, 2.05) is 0 Å². The van der Waals surface area contributed by atoms with Crippen LogP contribution in [0.4, 0.5) is 18.9 Å². The van der Waals surface area contributed by atoms with E-state index in [0.29, 0.717) is 22.4 Å². The molecule has 0 saturated carbocycles. The Morgan fingerprint density at radius 1 is 1.00 bits per heavy atom. The van der Waals surface area contributed by atoms with E-state index in [9.17, 15) is 26.4 Å². The highest BCUT2D eigenvalue weighted by atomic mass is 32.2. The number of benzene rings is 2. The van der Waals surface area contributed by atoms with Crippen LogP contribution in [-0.4, -0.2) is 19.1 Å². The van der Waals surface area contributed by atoms with Crippen LogP contribution in [0.2, 0.25) is 0 Å². The van der Waals surface area contributed by atoms with Gasteiger partial charge in [0.2, 0.25) is 10.0 Å². The van der Waals surface area contributed by atoms with E-state index in [1.165, 1.54) is 30.3 Å². The molecule has 0 atom stereocenters. The molecule has 2 aromatic rings. The van der Waals surface area contributed by atoms with Crippen LogP contribution in [0.25, 0.3) is 0 Å². The molecular weight excluding hydrogens is 405 g/mol. The Morgan fingerprint density at radius 2 is 1.59 bits per heavy atom. The van der Waals surface area contributed by atoms with Crippen molar-refractivity contribution in [2.24, 2.45) is 0 Å². The maximum Gasteiger partial charge on any atom is 0.416 e. The molecule has 1 amide bonds. The predicted octanol–water partition coefficient (Wildman–Crippen LogP) is 4.48. The summed E-state index contributed by atoms with van der Waals surface area (Å²) in [6, 6.07) is 9.24. The van der Waals surface area contributed by atoms with Gasteiger partial charge in [-0.25, -0.2) is 8.42 Å². The minimum Gasteiger partial charge on any atom is -0.348 e. The standard InChI is InChI=1S/C20H23F3N2O3S/c1-13-11-16(20(21,22)23)8-5-15(13)12-24-18(26)14-6-9-17(10-7-14)25-29(27,28)19(2,3)4/h5-11,25H,12H2,1-4H3,(H,24,26). The van der Waals surface area contributed by atoms with Gasteiger partial charge in [-0.3, -0.25) is 9.52 Å². The van der Waals surface area contributed by atoms with E-state index in [-0.39, 0.29) is 6.54 Å². The van der Waals surface area contributed by atoms with Crippen LogP contribution in [0.3, 0.4) is 0 Å². The van der Waals surface area contributed by atoms with Crippen molar-refractivity contribution in [2.75, 3.05) is 4.72 Å². The van der Waals surface area contributed by atoms with E-state index in [4.69, 9.17) is 0 Å². The fourth-order valence-corrected chi connectivity index (χ4v) is 3.10. The first-order valence-electron chi connectivity index (χ1n) is 8.78. The number of alkyl halides is 3. The molecule has 5 nitrogen and oxygen atoms in total. The molecule has 0 radical (unpaired) electrons. The average molecular weight is 428 g/mol. The molecule has 158 valence electrons. The molecule has 0 aliphatic carbocycles. The number of carbonyl (C=O) groups is 1. The third-order valence-electron chi connectivity index (χ3n) is 4.31. The first-order chi connectivity index (χ1) is 13.2. The predicted molar refractivity (Wildman–Crippen MR) is 106 cm³/mol. The van der Waals surface area contributed by atoms with Gasteiger partial charge in [0.25, 0.3) is 5.91 Å². The normalized spacial score (nSPS) is 12.5. The highest BCUT2D eigenvalue weighted by molar-refractivity contribution is 7.94. The van der Waals surface area contributed by atoms with Gasteiger partial charge in [-0.15, -0.1) is 0 Å². The Balaban J connectivity index is 2.03. The minimum atomic E-state index is -4.41. The van der Waals surface area contributed by atoms with Crippen LogP contribution >= 0.6 is 0 Å². The van der Waals surface area contributed by atoms with Gasteiger partial charge in [0.05, 0.1) is 10.3 Å². The third kappa shape index (κ3) is 5.72. The molecular formula is C20H23F3N2O3S. The largest absolute Gasteiger partial charge is 0.416 e. The summed E-state index contributed by atoms with van der Waals surface area (Å²) in [5.41, 5.74) is 0.884. The summed E-state index contributed by atoms with van der Waals surface area (Å²) in [5.74, 6) is -0.422. The number of sulfonamides is 1. The molecule has 0 bridgehead atoms. The zero-order valence-electron chi connectivity index (χ0n) is 16.5. The molecule has 0 aliphatic rings. The summed E-state index contributed by atoms with van der Waals surface area (Å²) in [4.78, 5) is 12.3. The number of anilines is 1. The monoisotopic (exact) mass is 428 g/mol. The van der Waals surface area contributed by atoms with Crippen LogP contribution in [-0.2, 0) is 22.7 Å². The SMILES string of the molecule is Cc1cc(C(F)(F)F)ccc1CNC(=O)c1ccc(NS(=O)(=O)C(C)(C)C)cc1. The summed E-state index contributed by atoms with van der Waals surface area (Å²) < 4.78 is 64.0.